The second-order valence-electron chi connectivity index (χ2n) is 8.72. The smallest absolute Gasteiger partial charge is 0.192 e. The van der Waals surface area contributed by atoms with E-state index in [1.807, 2.05) is 30.7 Å². The molecule has 1 unspecified atom stereocenters. The molecule has 2 aliphatic rings. The average molecular weight is 571 g/mol. The monoisotopic (exact) mass is 571 g/mol. The zero-order valence-corrected chi connectivity index (χ0v) is 21.8. The third-order valence-electron chi connectivity index (χ3n) is 6.33. The minimum atomic E-state index is -0.185. The van der Waals surface area contributed by atoms with Gasteiger partial charge in [0.2, 0.25) is 0 Å². The second kappa shape index (κ2) is 12.6. The van der Waals surface area contributed by atoms with Crippen LogP contribution in [0.1, 0.15) is 42.9 Å². The van der Waals surface area contributed by atoms with E-state index in [-0.39, 0.29) is 35.9 Å². The van der Waals surface area contributed by atoms with E-state index in [0.29, 0.717) is 12.6 Å². The predicted octanol–water partition coefficient (Wildman–Crippen LogP) is 2.76. The van der Waals surface area contributed by atoms with Crippen molar-refractivity contribution >= 4 is 29.9 Å². The van der Waals surface area contributed by atoms with E-state index >= 15 is 0 Å². The van der Waals surface area contributed by atoms with E-state index in [1.54, 1.807) is 0 Å². The molecule has 0 bridgehead atoms. The van der Waals surface area contributed by atoms with Crippen LogP contribution in [0.15, 0.2) is 29.3 Å². The van der Waals surface area contributed by atoms with Crippen LogP contribution in [0.3, 0.4) is 0 Å². The fourth-order valence-electron chi connectivity index (χ4n) is 4.18. The molecule has 2 aliphatic heterocycles. The van der Waals surface area contributed by atoms with Crippen molar-refractivity contribution in [2.75, 3.05) is 26.2 Å². The summed E-state index contributed by atoms with van der Waals surface area (Å²) < 4.78 is 20.9. The van der Waals surface area contributed by atoms with Gasteiger partial charge in [-0.3, -0.25) is 4.90 Å². The Morgan fingerprint density at radius 1 is 1.18 bits per heavy atom. The number of aryl methyl sites for hydroxylation is 1. The third kappa shape index (κ3) is 7.61. The maximum atomic E-state index is 13.1. The summed E-state index contributed by atoms with van der Waals surface area (Å²) in [6, 6.07) is 7.16. The molecule has 0 saturated carbocycles. The molecule has 1 atom stereocenters. The number of nitrogens with zero attached hydrogens (tertiary/aromatic N) is 5. The van der Waals surface area contributed by atoms with Crippen molar-refractivity contribution in [1.29, 1.82) is 0 Å². The van der Waals surface area contributed by atoms with Crippen LogP contribution in [0.4, 0.5) is 4.39 Å². The summed E-state index contributed by atoms with van der Waals surface area (Å²) in [5, 5.41) is 15.4. The fourth-order valence-corrected chi connectivity index (χ4v) is 4.18. The van der Waals surface area contributed by atoms with Crippen molar-refractivity contribution in [3.8, 4) is 0 Å². The first-order valence-corrected chi connectivity index (χ1v) is 11.5. The molecule has 1 aromatic heterocycles. The van der Waals surface area contributed by atoms with Crippen molar-refractivity contribution in [3.63, 3.8) is 0 Å². The Balaban J connectivity index is 0.00000306. The number of piperidine rings is 1. The first-order chi connectivity index (χ1) is 15.6. The largest absolute Gasteiger partial charge is 0.376 e. The van der Waals surface area contributed by atoms with E-state index in [9.17, 15) is 4.39 Å². The lowest BCUT2D eigenvalue weighted by Gasteiger charge is -2.33. The highest BCUT2D eigenvalue weighted by molar-refractivity contribution is 14.0. The number of ether oxygens (including phenoxy) is 1. The van der Waals surface area contributed by atoms with Gasteiger partial charge in [0.15, 0.2) is 11.8 Å². The topological polar surface area (TPSA) is 79.6 Å². The first-order valence-electron chi connectivity index (χ1n) is 11.5. The molecule has 3 heterocycles. The Hall–Kier alpha value is -1.79. The van der Waals surface area contributed by atoms with Gasteiger partial charge >= 0.3 is 0 Å². The number of nitrogens with one attached hydrogen (secondary N) is 2. The van der Waals surface area contributed by atoms with Gasteiger partial charge in [-0.05, 0) is 50.3 Å². The van der Waals surface area contributed by atoms with Crippen molar-refractivity contribution in [1.82, 2.24) is 30.3 Å². The lowest BCUT2D eigenvalue weighted by Crippen LogP contribution is -2.49. The number of rotatable bonds is 7. The van der Waals surface area contributed by atoms with Crippen LogP contribution < -0.4 is 10.6 Å². The molecule has 33 heavy (non-hydrogen) atoms. The Labute approximate surface area is 212 Å². The van der Waals surface area contributed by atoms with Crippen LogP contribution in [-0.2, 0) is 24.9 Å². The number of halogens is 2. The molecule has 2 aromatic rings. The number of hydrogen-bond donors (Lipinski definition) is 2. The van der Waals surface area contributed by atoms with Gasteiger partial charge in [0.05, 0.1) is 6.10 Å². The number of likely N-dealkylation sites (tertiary alicyclic amines) is 1. The van der Waals surface area contributed by atoms with E-state index < -0.39 is 0 Å². The van der Waals surface area contributed by atoms with Gasteiger partial charge in [-0.15, -0.1) is 34.2 Å². The number of benzene rings is 1. The molecule has 2 fully saturated rings. The molecular formula is C23H35FIN7O. The summed E-state index contributed by atoms with van der Waals surface area (Å²) >= 11 is 0. The van der Waals surface area contributed by atoms with Crippen molar-refractivity contribution in [3.05, 3.63) is 47.3 Å². The van der Waals surface area contributed by atoms with E-state index in [2.05, 4.69) is 25.7 Å². The molecule has 8 nitrogen and oxygen atoms in total. The average Bonchev–Trinajstić information content (AvgIpc) is 3.43. The fraction of sp³-hybridized carbons (Fsp3) is 0.609. The Bertz CT molecular complexity index is 891. The highest BCUT2D eigenvalue weighted by atomic mass is 127. The van der Waals surface area contributed by atoms with Gasteiger partial charge in [0, 0.05) is 45.9 Å². The Morgan fingerprint density at radius 2 is 1.94 bits per heavy atom. The van der Waals surface area contributed by atoms with E-state index in [1.165, 1.54) is 12.1 Å². The van der Waals surface area contributed by atoms with Crippen LogP contribution in [0, 0.1) is 12.7 Å². The summed E-state index contributed by atoms with van der Waals surface area (Å²) in [4.78, 5) is 7.21. The molecule has 2 saturated heterocycles. The molecule has 0 radical (unpaired) electrons. The molecular weight excluding hydrogens is 536 g/mol. The van der Waals surface area contributed by atoms with E-state index in [4.69, 9.17) is 9.73 Å². The summed E-state index contributed by atoms with van der Waals surface area (Å²) in [5.74, 6) is 2.34. The predicted molar refractivity (Wildman–Crippen MR) is 137 cm³/mol. The molecule has 182 valence electrons. The van der Waals surface area contributed by atoms with Crippen LogP contribution >= 0.6 is 24.0 Å². The van der Waals surface area contributed by atoms with Gasteiger partial charge in [-0.1, -0.05) is 12.1 Å². The summed E-state index contributed by atoms with van der Waals surface area (Å²) in [6.45, 7) is 6.87. The molecule has 2 N–H and O–H groups in total. The quantitative estimate of drug-likeness (QED) is 0.303. The summed E-state index contributed by atoms with van der Waals surface area (Å²) in [7, 11) is 1.96. The molecule has 0 spiro atoms. The third-order valence-corrected chi connectivity index (χ3v) is 6.33. The van der Waals surface area contributed by atoms with Crippen molar-refractivity contribution in [2.24, 2.45) is 12.0 Å². The highest BCUT2D eigenvalue weighted by Crippen LogP contribution is 2.15. The Kier molecular flexibility index (Phi) is 9.87. The lowest BCUT2D eigenvalue weighted by atomic mass is 10.0. The minimum Gasteiger partial charge on any atom is -0.376 e. The van der Waals surface area contributed by atoms with Gasteiger partial charge in [-0.25, -0.2) is 9.38 Å². The van der Waals surface area contributed by atoms with Crippen LogP contribution in [0.2, 0.25) is 0 Å². The summed E-state index contributed by atoms with van der Waals surface area (Å²) in [5.41, 5.74) is 1.15. The van der Waals surface area contributed by atoms with Crippen LogP contribution in [0.5, 0.6) is 0 Å². The molecule has 0 amide bonds. The van der Waals surface area contributed by atoms with Crippen LogP contribution in [-0.4, -0.2) is 64.0 Å². The zero-order chi connectivity index (χ0) is 22.3. The number of aliphatic imine (C=N–C) groups is 1. The molecule has 1 aromatic carbocycles. The van der Waals surface area contributed by atoms with Crippen molar-refractivity contribution < 1.29 is 9.13 Å². The normalized spacial score (nSPS) is 20.0. The molecule has 4 rings (SSSR count). The summed E-state index contributed by atoms with van der Waals surface area (Å²) in [6.07, 6.45) is 4.52. The standard InChI is InChI=1S/C23H34FN7O.HI/c1-17-28-29-22(30(17)2)15-26-23(25-14-21-4-3-13-32-21)27-20-9-11-31(12-10-20)16-18-5-7-19(24)8-6-18;/h5-8,20-21H,3-4,9-16H2,1-2H3,(H2,25,26,27);1H. The number of aromatic nitrogens is 3. The number of guanidine groups is 1. The van der Waals surface area contributed by atoms with Gasteiger partial charge in [0.1, 0.15) is 18.2 Å². The lowest BCUT2D eigenvalue weighted by molar-refractivity contribution is 0.113. The van der Waals surface area contributed by atoms with Gasteiger partial charge in [-0.2, -0.15) is 0 Å². The maximum absolute atomic E-state index is 13.1. The van der Waals surface area contributed by atoms with Gasteiger partial charge in [0.25, 0.3) is 0 Å². The maximum Gasteiger partial charge on any atom is 0.192 e. The Morgan fingerprint density at radius 3 is 2.58 bits per heavy atom. The highest BCUT2D eigenvalue weighted by Gasteiger charge is 2.21. The number of hydrogen-bond acceptors (Lipinski definition) is 5. The zero-order valence-electron chi connectivity index (χ0n) is 19.5. The first kappa shape index (κ1) is 25.8. The molecule has 0 aliphatic carbocycles. The minimum absolute atomic E-state index is 0. The van der Waals surface area contributed by atoms with Gasteiger partial charge < -0.3 is 19.9 Å². The van der Waals surface area contributed by atoms with Crippen LogP contribution in [0.25, 0.3) is 0 Å². The van der Waals surface area contributed by atoms with Crippen molar-refractivity contribution in [2.45, 2.75) is 57.8 Å². The molecule has 10 heteroatoms. The van der Waals surface area contributed by atoms with E-state index in [0.717, 1.165) is 81.6 Å². The second-order valence-corrected chi connectivity index (χ2v) is 8.72. The SMILES string of the molecule is Cc1nnc(CN=C(NCC2CCCO2)NC2CCN(Cc3ccc(F)cc3)CC2)n1C.I.